The molecule has 1 aromatic heterocycles. The summed E-state index contributed by atoms with van der Waals surface area (Å²) in [5.74, 6) is 0.296. The number of nitrogens with one attached hydrogen (secondary N) is 1. The number of hydrogen-bond acceptors (Lipinski definition) is 2. The molecule has 0 saturated carbocycles. The number of amides is 2. The fourth-order valence-electron chi connectivity index (χ4n) is 4.32. The van der Waals surface area contributed by atoms with E-state index in [-0.39, 0.29) is 11.1 Å². The van der Waals surface area contributed by atoms with Crippen LogP contribution in [0.2, 0.25) is 5.02 Å². The first kappa shape index (κ1) is 19.5. The predicted octanol–water partition coefficient (Wildman–Crippen LogP) is 5.62. The van der Waals surface area contributed by atoms with Gasteiger partial charge in [-0.05, 0) is 52.6 Å². The van der Waals surface area contributed by atoms with Crippen LogP contribution in [0.5, 0.6) is 5.75 Å². The first-order valence-electron chi connectivity index (χ1n) is 9.75. The smallest absolute Gasteiger partial charge is 0.315 e. The maximum Gasteiger partial charge on any atom is 0.315 e. The Morgan fingerprint density at radius 1 is 1.13 bits per heavy atom. The summed E-state index contributed by atoms with van der Waals surface area (Å²) in [5.41, 5.74) is 11.3. The standard InChI is InChI=1S/C24H19ClFN3O2/c1-31-16-5-2-13(3-6-16)14-4-7-17-15(8-14)12-29(24(27)30)23(17)19-11-28-22-10-21(26)20(25)9-18(19)22/h2-11,23,28H,12H2,1H3,(H2,27,30). The van der Waals surface area contributed by atoms with Gasteiger partial charge in [0.05, 0.1) is 18.2 Å². The van der Waals surface area contributed by atoms with E-state index in [1.807, 2.05) is 36.4 Å². The lowest BCUT2D eigenvalue weighted by Gasteiger charge is -2.23. The Kier molecular flexibility index (Phi) is 4.59. The second-order valence-electron chi connectivity index (χ2n) is 7.57. The molecule has 0 aliphatic carbocycles. The highest BCUT2D eigenvalue weighted by Gasteiger charge is 2.35. The van der Waals surface area contributed by atoms with Crippen LogP contribution in [0.25, 0.3) is 22.0 Å². The molecule has 1 unspecified atom stereocenters. The number of aromatic amines is 1. The van der Waals surface area contributed by atoms with E-state index >= 15 is 0 Å². The monoisotopic (exact) mass is 435 g/mol. The predicted molar refractivity (Wildman–Crippen MR) is 119 cm³/mol. The van der Waals surface area contributed by atoms with Gasteiger partial charge in [-0.3, -0.25) is 0 Å². The molecule has 156 valence electrons. The van der Waals surface area contributed by atoms with E-state index in [1.54, 1.807) is 24.3 Å². The van der Waals surface area contributed by atoms with Crippen molar-refractivity contribution in [2.75, 3.05) is 7.11 Å². The van der Waals surface area contributed by atoms with E-state index < -0.39 is 11.8 Å². The molecule has 0 bridgehead atoms. The van der Waals surface area contributed by atoms with Crippen LogP contribution in [0.15, 0.2) is 60.8 Å². The molecule has 0 radical (unpaired) electrons. The summed E-state index contributed by atoms with van der Waals surface area (Å²) < 4.78 is 19.1. The van der Waals surface area contributed by atoms with Gasteiger partial charge in [-0.15, -0.1) is 0 Å². The fourth-order valence-corrected chi connectivity index (χ4v) is 4.48. The number of rotatable bonds is 3. The molecule has 2 heterocycles. The lowest BCUT2D eigenvalue weighted by atomic mass is 9.94. The zero-order valence-electron chi connectivity index (χ0n) is 16.7. The SMILES string of the molecule is COc1ccc(-c2ccc3c(c2)CN(C(N)=O)C3c2c[nH]c3cc(F)c(Cl)cc23)cc1. The Hall–Kier alpha value is -3.51. The van der Waals surface area contributed by atoms with Crippen molar-refractivity contribution >= 4 is 28.5 Å². The van der Waals surface area contributed by atoms with Gasteiger partial charge in [0, 0.05) is 29.2 Å². The molecule has 3 aromatic carbocycles. The highest BCUT2D eigenvalue weighted by molar-refractivity contribution is 6.31. The summed E-state index contributed by atoms with van der Waals surface area (Å²) >= 11 is 6.03. The average molecular weight is 436 g/mol. The number of H-pyrrole nitrogens is 1. The Morgan fingerprint density at radius 3 is 2.58 bits per heavy atom. The second kappa shape index (κ2) is 7.32. The van der Waals surface area contributed by atoms with E-state index in [4.69, 9.17) is 22.1 Å². The van der Waals surface area contributed by atoms with Crippen LogP contribution < -0.4 is 10.5 Å². The molecule has 5 rings (SSSR count). The Morgan fingerprint density at radius 2 is 1.87 bits per heavy atom. The molecule has 2 amide bonds. The van der Waals surface area contributed by atoms with Gasteiger partial charge in [0.2, 0.25) is 0 Å². The topological polar surface area (TPSA) is 71.3 Å². The van der Waals surface area contributed by atoms with Crippen molar-refractivity contribution in [2.45, 2.75) is 12.6 Å². The first-order chi connectivity index (χ1) is 15.0. The number of nitrogens with two attached hydrogens (primary N) is 1. The van der Waals surface area contributed by atoms with Crippen LogP contribution in [0.1, 0.15) is 22.7 Å². The third-order valence-corrected chi connectivity index (χ3v) is 6.14. The van der Waals surface area contributed by atoms with Crippen molar-refractivity contribution in [3.05, 3.63) is 88.3 Å². The number of aromatic nitrogens is 1. The molecular formula is C24H19ClFN3O2. The van der Waals surface area contributed by atoms with Crippen molar-refractivity contribution in [1.29, 1.82) is 0 Å². The minimum Gasteiger partial charge on any atom is -0.497 e. The van der Waals surface area contributed by atoms with Crippen LogP contribution in [-0.2, 0) is 6.54 Å². The molecule has 31 heavy (non-hydrogen) atoms. The minimum atomic E-state index is -0.519. The van der Waals surface area contributed by atoms with Crippen molar-refractivity contribution in [2.24, 2.45) is 5.73 Å². The van der Waals surface area contributed by atoms with Gasteiger partial charge < -0.3 is 20.4 Å². The highest BCUT2D eigenvalue weighted by Crippen LogP contribution is 2.43. The van der Waals surface area contributed by atoms with Crippen molar-refractivity contribution < 1.29 is 13.9 Å². The molecule has 5 nitrogen and oxygen atoms in total. The van der Waals surface area contributed by atoms with Crippen LogP contribution in [-0.4, -0.2) is 23.0 Å². The summed E-state index contributed by atoms with van der Waals surface area (Å²) in [6.45, 7) is 0.390. The van der Waals surface area contributed by atoms with E-state index in [0.29, 0.717) is 12.1 Å². The summed E-state index contributed by atoms with van der Waals surface area (Å²) in [6, 6.07) is 16.0. The maximum absolute atomic E-state index is 13.9. The number of fused-ring (bicyclic) bond motifs is 2. The fraction of sp³-hybridized carbons (Fsp3) is 0.125. The summed E-state index contributed by atoms with van der Waals surface area (Å²) in [4.78, 5) is 17.0. The number of benzene rings is 3. The molecule has 4 aromatic rings. The van der Waals surface area contributed by atoms with E-state index in [0.717, 1.165) is 39.0 Å². The lowest BCUT2D eigenvalue weighted by Crippen LogP contribution is -2.34. The Labute approximate surface area is 183 Å². The van der Waals surface area contributed by atoms with Crippen LogP contribution in [0.4, 0.5) is 9.18 Å². The van der Waals surface area contributed by atoms with Gasteiger partial charge in [0.1, 0.15) is 11.6 Å². The molecular weight excluding hydrogens is 417 g/mol. The molecule has 0 saturated heterocycles. The molecule has 0 fully saturated rings. The third kappa shape index (κ3) is 3.20. The van der Waals surface area contributed by atoms with Crippen LogP contribution >= 0.6 is 11.6 Å². The lowest BCUT2D eigenvalue weighted by molar-refractivity contribution is 0.199. The van der Waals surface area contributed by atoms with Gasteiger partial charge in [-0.2, -0.15) is 0 Å². The first-order valence-corrected chi connectivity index (χ1v) is 10.1. The summed E-state index contributed by atoms with van der Waals surface area (Å²) in [7, 11) is 1.63. The molecule has 1 atom stereocenters. The van der Waals surface area contributed by atoms with Gasteiger partial charge in [-0.1, -0.05) is 35.9 Å². The van der Waals surface area contributed by atoms with Gasteiger partial charge in [0.25, 0.3) is 0 Å². The van der Waals surface area contributed by atoms with Gasteiger partial charge >= 0.3 is 6.03 Å². The number of carbonyl (C=O) groups excluding carboxylic acids is 1. The number of ether oxygens (including phenoxy) is 1. The largest absolute Gasteiger partial charge is 0.497 e. The normalized spacial score (nSPS) is 15.3. The van der Waals surface area contributed by atoms with Crippen LogP contribution in [0.3, 0.4) is 0 Å². The summed E-state index contributed by atoms with van der Waals surface area (Å²) in [6.07, 6.45) is 1.79. The zero-order chi connectivity index (χ0) is 21.7. The van der Waals surface area contributed by atoms with Gasteiger partial charge in [-0.25, -0.2) is 9.18 Å². The molecule has 1 aliphatic rings. The van der Waals surface area contributed by atoms with E-state index in [1.165, 1.54) is 6.07 Å². The third-order valence-electron chi connectivity index (χ3n) is 5.85. The van der Waals surface area contributed by atoms with Crippen LogP contribution in [0, 0.1) is 5.82 Å². The van der Waals surface area contributed by atoms with Crippen molar-refractivity contribution in [3.63, 3.8) is 0 Å². The number of nitrogens with zero attached hydrogens (tertiary/aromatic N) is 1. The van der Waals surface area contributed by atoms with Crippen molar-refractivity contribution in [1.82, 2.24) is 9.88 Å². The second-order valence-corrected chi connectivity index (χ2v) is 7.97. The van der Waals surface area contributed by atoms with Gasteiger partial charge in [0.15, 0.2) is 0 Å². The minimum absolute atomic E-state index is 0.0343. The van der Waals surface area contributed by atoms with Crippen molar-refractivity contribution in [3.8, 4) is 16.9 Å². The number of hydrogen-bond donors (Lipinski definition) is 2. The molecule has 3 N–H and O–H groups in total. The summed E-state index contributed by atoms with van der Waals surface area (Å²) in [5, 5.41) is 0.793. The Bertz CT molecular complexity index is 1320. The van der Waals surface area contributed by atoms with E-state index in [9.17, 15) is 9.18 Å². The molecule has 7 heteroatoms. The maximum atomic E-state index is 13.9. The van der Waals surface area contributed by atoms with E-state index in [2.05, 4.69) is 11.1 Å². The number of halogens is 2. The quantitative estimate of drug-likeness (QED) is 0.438. The molecule has 0 spiro atoms. The zero-order valence-corrected chi connectivity index (χ0v) is 17.4. The number of methoxy groups -OCH3 is 1. The average Bonchev–Trinajstić information content (AvgIpc) is 3.34. The number of urea groups is 1. The molecule has 1 aliphatic heterocycles. The Balaban J connectivity index is 1.61. The number of primary amides is 1. The number of carbonyl (C=O) groups is 1. The highest BCUT2D eigenvalue weighted by atomic mass is 35.5.